The molecule has 3 rings (SSSR count). The van der Waals surface area contributed by atoms with E-state index >= 15 is 0 Å². The van der Waals surface area contributed by atoms with Crippen molar-refractivity contribution in [2.24, 2.45) is 0 Å². The number of hydrogen-bond donors (Lipinski definition) is 1. The molecule has 0 radical (unpaired) electrons. The average Bonchev–Trinajstić information content (AvgIpc) is 3.27. The number of nitriles is 1. The summed E-state index contributed by atoms with van der Waals surface area (Å²) >= 11 is 1.26. The maximum absolute atomic E-state index is 12.7. The first-order valence-corrected chi connectivity index (χ1v) is 10.6. The van der Waals surface area contributed by atoms with Crippen LogP contribution >= 0.6 is 11.8 Å². The van der Waals surface area contributed by atoms with E-state index < -0.39 is 0 Å². The zero-order valence-electron chi connectivity index (χ0n) is 17.8. The number of anilines is 1. The molecular formula is C21H25N7OS. The second-order valence-electron chi connectivity index (χ2n) is 8.00. The van der Waals surface area contributed by atoms with Crippen molar-refractivity contribution in [2.75, 3.05) is 11.1 Å². The molecule has 2 aromatic heterocycles. The predicted molar refractivity (Wildman–Crippen MR) is 116 cm³/mol. The summed E-state index contributed by atoms with van der Waals surface area (Å²) in [4.78, 5) is 12.7. The Morgan fingerprint density at radius 1 is 1.23 bits per heavy atom. The first kappa shape index (κ1) is 21.6. The van der Waals surface area contributed by atoms with E-state index in [4.69, 9.17) is 0 Å². The van der Waals surface area contributed by atoms with Crippen LogP contribution in [0.25, 0.3) is 0 Å². The number of carbonyl (C=O) groups is 1. The van der Waals surface area contributed by atoms with E-state index in [9.17, 15) is 10.1 Å². The van der Waals surface area contributed by atoms with E-state index in [1.807, 2.05) is 69.5 Å². The molecule has 9 heteroatoms. The fraction of sp³-hybridized carbons (Fsp3) is 0.381. The fourth-order valence-corrected chi connectivity index (χ4v) is 3.94. The molecule has 30 heavy (non-hydrogen) atoms. The molecule has 0 unspecified atom stereocenters. The van der Waals surface area contributed by atoms with Crippen LogP contribution in [0.2, 0.25) is 0 Å². The van der Waals surface area contributed by atoms with Gasteiger partial charge in [0.2, 0.25) is 11.1 Å². The monoisotopic (exact) mass is 423 g/mol. The molecule has 0 aliphatic carbocycles. The van der Waals surface area contributed by atoms with Gasteiger partial charge in [0.05, 0.1) is 16.9 Å². The maximum atomic E-state index is 12.7. The standard InChI is InChI=1S/C21H25N7OS/c1-14-15(2)27(12-16-9-7-6-8-10-16)19(17(14)11-22)23-18(29)13-30-20-24-25-26-28(20)21(3,4)5/h6-10H,12-13H2,1-5H3,(H,23,29). The number of rotatable bonds is 6. The zero-order valence-corrected chi connectivity index (χ0v) is 18.6. The van der Waals surface area contributed by atoms with Crippen molar-refractivity contribution in [3.05, 3.63) is 52.7 Å². The first-order chi connectivity index (χ1) is 14.2. The molecule has 156 valence electrons. The number of amides is 1. The third-order valence-corrected chi connectivity index (χ3v) is 5.71. The highest BCUT2D eigenvalue weighted by Crippen LogP contribution is 2.28. The van der Waals surface area contributed by atoms with Gasteiger partial charge in [-0.15, -0.1) is 5.10 Å². The van der Waals surface area contributed by atoms with Gasteiger partial charge < -0.3 is 9.88 Å². The molecule has 0 atom stereocenters. The second-order valence-corrected chi connectivity index (χ2v) is 8.94. The van der Waals surface area contributed by atoms with Crippen LogP contribution in [0.1, 0.15) is 43.2 Å². The number of nitrogens with zero attached hydrogens (tertiary/aromatic N) is 6. The second kappa shape index (κ2) is 8.71. The number of tetrazole rings is 1. The van der Waals surface area contributed by atoms with Crippen molar-refractivity contribution in [2.45, 2.75) is 51.9 Å². The third-order valence-electron chi connectivity index (χ3n) is 4.79. The van der Waals surface area contributed by atoms with Crippen LogP contribution in [0.4, 0.5) is 5.82 Å². The molecule has 3 aromatic rings. The lowest BCUT2D eigenvalue weighted by atomic mass is 10.1. The minimum atomic E-state index is -0.283. The molecule has 1 N–H and O–H groups in total. The highest BCUT2D eigenvalue weighted by atomic mass is 32.2. The number of hydrogen-bond acceptors (Lipinski definition) is 6. The molecule has 2 heterocycles. The number of thioether (sulfide) groups is 1. The zero-order chi connectivity index (χ0) is 21.9. The molecule has 0 aliphatic rings. The van der Waals surface area contributed by atoms with Gasteiger partial charge in [-0.1, -0.05) is 42.1 Å². The predicted octanol–water partition coefficient (Wildman–Crippen LogP) is 3.50. The highest BCUT2D eigenvalue weighted by molar-refractivity contribution is 7.99. The van der Waals surface area contributed by atoms with Gasteiger partial charge in [0.15, 0.2) is 0 Å². The maximum Gasteiger partial charge on any atom is 0.235 e. The molecule has 1 amide bonds. The number of aromatic nitrogens is 5. The lowest BCUT2D eigenvalue weighted by molar-refractivity contribution is -0.113. The van der Waals surface area contributed by atoms with Gasteiger partial charge in [-0.25, -0.2) is 4.68 Å². The van der Waals surface area contributed by atoms with Gasteiger partial charge in [-0.05, 0) is 56.2 Å². The largest absolute Gasteiger partial charge is 0.326 e. The van der Waals surface area contributed by atoms with Crippen molar-refractivity contribution in [3.63, 3.8) is 0 Å². The summed E-state index contributed by atoms with van der Waals surface area (Å²) in [6, 6.07) is 12.2. The van der Waals surface area contributed by atoms with E-state index in [-0.39, 0.29) is 17.2 Å². The SMILES string of the molecule is Cc1c(C#N)c(NC(=O)CSc2nnnn2C(C)(C)C)n(Cc2ccccc2)c1C. The fourth-order valence-electron chi connectivity index (χ4n) is 3.08. The van der Waals surface area contributed by atoms with Crippen molar-refractivity contribution >= 4 is 23.5 Å². The first-order valence-electron chi connectivity index (χ1n) is 9.57. The lowest BCUT2D eigenvalue weighted by Gasteiger charge is -2.19. The van der Waals surface area contributed by atoms with Gasteiger partial charge in [-0.2, -0.15) is 5.26 Å². The van der Waals surface area contributed by atoms with E-state index in [0.717, 1.165) is 16.8 Å². The van der Waals surface area contributed by atoms with E-state index in [1.165, 1.54) is 11.8 Å². The topological polar surface area (TPSA) is 101 Å². The molecule has 0 spiro atoms. The van der Waals surface area contributed by atoms with Gasteiger partial charge in [0.25, 0.3) is 0 Å². The Hall–Kier alpha value is -3.12. The minimum Gasteiger partial charge on any atom is -0.326 e. The van der Waals surface area contributed by atoms with Crippen LogP contribution in [-0.4, -0.2) is 36.4 Å². The Morgan fingerprint density at radius 2 is 1.93 bits per heavy atom. The minimum absolute atomic E-state index is 0.135. The van der Waals surface area contributed by atoms with Crippen LogP contribution in [0.3, 0.4) is 0 Å². The summed E-state index contributed by atoms with van der Waals surface area (Å²) in [5.74, 6) is 0.444. The Morgan fingerprint density at radius 3 is 2.57 bits per heavy atom. The third kappa shape index (κ3) is 4.54. The molecule has 0 saturated heterocycles. The number of benzene rings is 1. The average molecular weight is 424 g/mol. The van der Waals surface area contributed by atoms with Crippen molar-refractivity contribution in [3.8, 4) is 6.07 Å². The van der Waals surface area contributed by atoms with Crippen molar-refractivity contribution < 1.29 is 4.79 Å². The van der Waals surface area contributed by atoms with E-state index in [0.29, 0.717) is 23.1 Å². The van der Waals surface area contributed by atoms with Crippen molar-refractivity contribution in [1.82, 2.24) is 24.8 Å². The molecule has 0 fully saturated rings. The number of carbonyl (C=O) groups excluding carboxylic acids is 1. The van der Waals surface area contributed by atoms with Crippen LogP contribution in [0.5, 0.6) is 0 Å². The van der Waals surface area contributed by atoms with Gasteiger partial charge in [0, 0.05) is 12.2 Å². The highest BCUT2D eigenvalue weighted by Gasteiger charge is 2.22. The lowest BCUT2D eigenvalue weighted by Crippen LogP contribution is -2.25. The van der Waals surface area contributed by atoms with Gasteiger partial charge >= 0.3 is 0 Å². The molecule has 0 saturated carbocycles. The summed E-state index contributed by atoms with van der Waals surface area (Å²) in [5, 5.41) is 24.9. The Kier molecular flexibility index (Phi) is 6.27. The molecular weight excluding hydrogens is 398 g/mol. The van der Waals surface area contributed by atoms with Gasteiger partial charge in [-0.3, -0.25) is 4.79 Å². The molecule has 1 aromatic carbocycles. The Bertz CT molecular complexity index is 1090. The van der Waals surface area contributed by atoms with Crippen LogP contribution in [-0.2, 0) is 16.9 Å². The van der Waals surface area contributed by atoms with Crippen molar-refractivity contribution in [1.29, 1.82) is 5.26 Å². The summed E-state index contributed by atoms with van der Waals surface area (Å²) in [7, 11) is 0. The molecule has 0 aliphatic heterocycles. The summed E-state index contributed by atoms with van der Waals surface area (Å²) in [6.45, 7) is 10.4. The van der Waals surface area contributed by atoms with Crippen LogP contribution in [0.15, 0.2) is 35.5 Å². The summed E-state index contributed by atoms with van der Waals surface area (Å²) in [5.41, 5.74) is 3.12. The molecule has 8 nitrogen and oxygen atoms in total. The van der Waals surface area contributed by atoms with E-state index in [1.54, 1.807) is 4.68 Å². The molecule has 0 bridgehead atoms. The number of nitrogens with one attached hydrogen (secondary N) is 1. The summed E-state index contributed by atoms with van der Waals surface area (Å²) in [6.07, 6.45) is 0. The van der Waals surface area contributed by atoms with Crippen LogP contribution < -0.4 is 5.32 Å². The van der Waals surface area contributed by atoms with Crippen LogP contribution in [0, 0.1) is 25.2 Å². The Balaban J connectivity index is 1.80. The summed E-state index contributed by atoms with van der Waals surface area (Å²) < 4.78 is 3.67. The normalized spacial score (nSPS) is 11.3. The Labute approximate surface area is 180 Å². The van der Waals surface area contributed by atoms with Gasteiger partial charge in [0.1, 0.15) is 11.9 Å². The smallest absolute Gasteiger partial charge is 0.235 e. The van der Waals surface area contributed by atoms with E-state index in [2.05, 4.69) is 26.9 Å². The quantitative estimate of drug-likeness (QED) is 0.609.